The second kappa shape index (κ2) is 23.6. The van der Waals surface area contributed by atoms with Gasteiger partial charge < -0.3 is 10.6 Å². The van der Waals surface area contributed by atoms with E-state index >= 15 is 0 Å². The van der Waals surface area contributed by atoms with Crippen molar-refractivity contribution < 1.29 is 19.2 Å². The minimum absolute atomic E-state index is 0.00309. The molecule has 0 bridgehead atoms. The monoisotopic (exact) mass is 936 g/mol. The number of ketones is 2. The minimum atomic E-state index is -0.700. The number of fused-ring (bicyclic) bond motifs is 7. The van der Waals surface area contributed by atoms with Gasteiger partial charge in [0.15, 0.2) is 11.6 Å². The van der Waals surface area contributed by atoms with Crippen LogP contribution in [-0.2, 0) is 19.2 Å². The van der Waals surface area contributed by atoms with Gasteiger partial charge in [0, 0.05) is 47.8 Å². The average Bonchev–Trinajstić information content (AvgIpc) is 3.27. The number of rotatable bonds is 22. The molecule has 0 unspecified atom stereocenters. The Hall–Kier alpha value is -3.61. The first kappa shape index (κ1) is 53.3. The van der Waals surface area contributed by atoms with Crippen molar-refractivity contribution >= 4 is 45.0 Å². The Kier molecular flexibility index (Phi) is 19.1. The lowest BCUT2D eigenvalue weighted by atomic mass is 9.34. The Morgan fingerprint density at radius 2 is 1.29 bits per heavy atom. The summed E-state index contributed by atoms with van der Waals surface area (Å²) in [5.41, 5.74) is -1.20. The van der Waals surface area contributed by atoms with Gasteiger partial charge in [-0.3, -0.25) is 19.2 Å². The Morgan fingerprint density at radius 1 is 0.742 bits per heavy atom. The molecule has 5 aliphatic carbocycles. The fraction of sp³-hybridized carbons (Fsp3) is 0.632. The number of nitriles is 1. The molecular weight excluding hydrogens is 855 g/mol. The molecule has 0 aromatic rings. The van der Waals surface area contributed by atoms with Crippen molar-refractivity contribution in [2.75, 3.05) is 24.6 Å². The molecule has 5 rings (SSSR count). The molecule has 3 saturated carbocycles. The number of hydrogen-bond donors (Lipinski definition) is 2. The molecule has 2 N–H and O–H groups in total. The average molecular weight is 936 g/mol. The maximum Gasteiger partial charge on any atom is 0.226 e. The van der Waals surface area contributed by atoms with Crippen molar-refractivity contribution in [3.05, 3.63) is 96.2 Å². The van der Waals surface area contributed by atoms with Crippen molar-refractivity contribution in [2.24, 2.45) is 50.2 Å². The molecule has 7 nitrogen and oxygen atoms in total. The van der Waals surface area contributed by atoms with Crippen LogP contribution in [0.3, 0.4) is 0 Å². The second-order valence-corrected chi connectivity index (χ2v) is 24.3. The van der Waals surface area contributed by atoms with Gasteiger partial charge >= 0.3 is 0 Å². The Balaban J connectivity index is 1.02. The molecular formula is C57H81N3O4S2. The van der Waals surface area contributed by atoms with Gasteiger partial charge in [0.2, 0.25) is 11.8 Å². The smallest absolute Gasteiger partial charge is 0.226 e. The summed E-state index contributed by atoms with van der Waals surface area (Å²) in [6, 6.07) is 2.21. The van der Waals surface area contributed by atoms with Gasteiger partial charge in [-0.25, -0.2) is 0 Å². The van der Waals surface area contributed by atoms with E-state index in [2.05, 4.69) is 131 Å². The lowest BCUT2D eigenvalue weighted by Crippen LogP contribution is -2.66. The fourth-order valence-electron chi connectivity index (χ4n) is 12.7. The summed E-state index contributed by atoms with van der Waals surface area (Å²) in [7, 11) is 3.43. The molecule has 9 heteroatoms. The SMILES string of the molecule is CC/C=C\C/C=C\C/C=C\C/C=C\C/C=C\C/C=C\CCC(=O)NCCSSCCNC(=O)[C@]12CCC(C)(C)C[C@H]1[C@H]1C(=O)C=C3[C@@]4(C)C=C(C#N)C(=O)C(C)(C)[C@@H]4CC[C@@]3(C)[C@]1(C)CC2. The van der Waals surface area contributed by atoms with Crippen molar-refractivity contribution in [3.8, 4) is 6.07 Å². The number of Topliss-reactive ketones (excluding diaryl/α,β-unsaturated/α-hetero) is 1. The molecule has 7 atom stereocenters. The maximum atomic E-state index is 14.9. The van der Waals surface area contributed by atoms with E-state index in [1.165, 1.54) is 0 Å². The molecule has 0 radical (unpaired) electrons. The number of carbonyl (C=O) groups is 4. The third-order valence-electron chi connectivity index (χ3n) is 16.5. The number of carbonyl (C=O) groups excluding carboxylic acids is 4. The molecule has 2 amide bonds. The lowest BCUT2D eigenvalue weighted by molar-refractivity contribution is -0.178. The van der Waals surface area contributed by atoms with E-state index in [1.54, 1.807) is 21.6 Å². The Labute approximate surface area is 406 Å². The van der Waals surface area contributed by atoms with Gasteiger partial charge in [-0.05, 0) is 124 Å². The van der Waals surface area contributed by atoms with Crippen LogP contribution in [0.4, 0.5) is 0 Å². The van der Waals surface area contributed by atoms with E-state index in [9.17, 15) is 24.4 Å². The molecule has 0 aromatic heterocycles. The highest BCUT2D eigenvalue weighted by Crippen LogP contribution is 2.74. The van der Waals surface area contributed by atoms with Gasteiger partial charge in [-0.1, -0.05) is 162 Å². The number of amides is 2. The zero-order chi connectivity index (χ0) is 48.1. The minimum Gasteiger partial charge on any atom is -0.355 e. The zero-order valence-electron chi connectivity index (χ0n) is 41.6. The predicted molar refractivity (Wildman–Crippen MR) is 277 cm³/mol. The van der Waals surface area contributed by atoms with Gasteiger partial charge in [0.1, 0.15) is 6.07 Å². The van der Waals surface area contributed by atoms with Gasteiger partial charge in [-0.15, -0.1) is 0 Å². The van der Waals surface area contributed by atoms with Crippen LogP contribution in [0.2, 0.25) is 0 Å². The highest BCUT2D eigenvalue weighted by atomic mass is 33.1. The third-order valence-corrected chi connectivity index (χ3v) is 18.9. The van der Waals surface area contributed by atoms with E-state index < -0.39 is 16.2 Å². The summed E-state index contributed by atoms with van der Waals surface area (Å²) in [5, 5.41) is 16.4. The first-order chi connectivity index (χ1) is 31.4. The van der Waals surface area contributed by atoms with Crippen LogP contribution >= 0.6 is 21.6 Å². The molecule has 3 fully saturated rings. The molecule has 66 heavy (non-hydrogen) atoms. The van der Waals surface area contributed by atoms with E-state index in [4.69, 9.17) is 0 Å². The summed E-state index contributed by atoms with van der Waals surface area (Å²) in [6.45, 7) is 18.7. The molecule has 0 aliphatic heterocycles. The van der Waals surface area contributed by atoms with E-state index in [0.29, 0.717) is 19.5 Å². The molecule has 0 heterocycles. The number of nitrogens with one attached hydrogen (secondary N) is 2. The molecule has 0 aromatic carbocycles. The van der Waals surface area contributed by atoms with Crippen molar-refractivity contribution in [1.29, 1.82) is 5.26 Å². The number of hydrogen-bond acceptors (Lipinski definition) is 7. The Bertz CT molecular complexity index is 2050. The van der Waals surface area contributed by atoms with E-state index in [0.717, 1.165) is 107 Å². The zero-order valence-corrected chi connectivity index (χ0v) is 43.3. The quantitative estimate of drug-likeness (QED) is 0.0631. The molecule has 0 saturated heterocycles. The lowest BCUT2D eigenvalue weighted by Gasteiger charge is -2.69. The molecule has 360 valence electrons. The van der Waals surface area contributed by atoms with Crippen LogP contribution in [0.15, 0.2) is 96.2 Å². The maximum absolute atomic E-state index is 14.9. The third kappa shape index (κ3) is 12.0. The summed E-state index contributed by atoms with van der Waals surface area (Å²) >= 11 is 0. The van der Waals surface area contributed by atoms with Crippen LogP contribution in [0, 0.1) is 61.6 Å². The van der Waals surface area contributed by atoms with Crippen LogP contribution < -0.4 is 10.6 Å². The topological polar surface area (TPSA) is 116 Å². The van der Waals surface area contributed by atoms with E-state index in [1.807, 2.05) is 26.0 Å². The van der Waals surface area contributed by atoms with Crippen LogP contribution in [0.25, 0.3) is 0 Å². The predicted octanol–water partition coefficient (Wildman–Crippen LogP) is 13.3. The standard InChI is InChI=1S/C57H81N3O4S2/c1-9-10-11-12-13-14-15-16-17-18-19-20-21-22-23-24-25-26-27-28-48(62)59-35-37-65-66-38-36-60-51(64)57-33-31-52(2,3)41-44(57)49-45(61)39-47-54(6)40-43(42-58)50(63)53(4,5)46(54)29-30-55(47,7)56(49,8)32-34-57/h10-11,13-14,16-17,19-20,22-23,25-26,39-40,44,46,49H,9,12,15,18,21,24,27-38,41H2,1-8H3,(H,59,62)(H,60,64)/b11-10-,14-13-,17-16-,20-19-,23-22-,26-25-/t44-,46-,49-,54-,55+,56+,57-/m0/s1. The highest BCUT2D eigenvalue weighted by Gasteiger charge is 2.70. The van der Waals surface area contributed by atoms with Gasteiger partial charge in [0.25, 0.3) is 0 Å². The van der Waals surface area contributed by atoms with E-state index in [-0.39, 0.29) is 63.0 Å². The van der Waals surface area contributed by atoms with Gasteiger partial charge in [0.05, 0.1) is 11.0 Å². The van der Waals surface area contributed by atoms with Crippen LogP contribution in [0.5, 0.6) is 0 Å². The van der Waals surface area contributed by atoms with Crippen molar-refractivity contribution in [1.82, 2.24) is 10.6 Å². The fourth-order valence-corrected chi connectivity index (χ4v) is 14.5. The molecule has 0 spiro atoms. The summed E-state index contributed by atoms with van der Waals surface area (Å²) in [4.78, 5) is 55.2. The largest absolute Gasteiger partial charge is 0.355 e. The second-order valence-electron chi connectivity index (χ2n) is 21.6. The first-order valence-electron chi connectivity index (χ1n) is 25.1. The van der Waals surface area contributed by atoms with Crippen molar-refractivity contribution in [2.45, 2.75) is 152 Å². The highest BCUT2D eigenvalue weighted by molar-refractivity contribution is 8.76. The summed E-state index contributed by atoms with van der Waals surface area (Å²) in [5.74, 6) is 1.44. The summed E-state index contributed by atoms with van der Waals surface area (Å²) in [6.07, 6.45) is 42.9. The van der Waals surface area contributed by atoms with Gasteiger partial charge in [-0.2, -0.15) is 5.26 Å². The number of nitrogens with zero attached hydrogens (tertiary/aromatic N) is 1. The van der Waals surface area contributed by atoms with Crippen LogP contribution in [0.1, 0.15) is 152 Å². The van der Waals surface area contributed by atoms with Crippen LogP contribution in [-0.4, -0.2) is 48.0 Å². The first-order valence-corrected chi connectivity index (χ1v) is 27.6. The Morgan fingerprint density at radius 3 is 1.86 bits per heavy atom. The molecule has 5 aliphatic rings. The summed E-state index contributed by atoms with van der Waals surface area (Å²) < 4.78 is 0. The number of allylic oxidation sites excluding steroid dienone is 16. The normalized spacial score (nSPS) is 31.5. The van der Waals surface area contributed by atoms with Crippen molar-refractivity contribution in [3.63, 3.8) is 0 Å².